The zero-order chi connectivity index (χ0) is 26.2. The number of aromatic amines is 1. The molecule has 0 fully saturated rings. The van der Waals surface area contributed by atoms with E-state index in [-0.39, 0.29) is 17.3 Å². The predicted octanol–water partition coefficient (Wildman–Crippen LogP) is 5.46. The van der Waals surface area contributed by atoms with Gasteiger partial charge in [-0.3, -0.25) is 10.1 Å². The molecule has 0 saturated carbocycles. The molecule has 0 radical (unpaired) electrons. The molecule has 0 bridgehead atoms. The molecule has 0 saturated heterocycles. The van der Waals surface area contributed by atoms with Crippen LogP contribution in [0.1, 0.15) is 28.4 Å². The fraction of sp³-hybridized carbons (Fsp3) is 0.115. The number of anilines is 4. The number of pyridine rings is 2. The smallest absolute Gasteiger partial charge is 0.249 e. The number of fused-ring (bicyclic) bond motifs is 2. The van der Waals surface area contributed by atoms with Gasteiger partial charge < -0.3 is 16.0 Å². The van der Waals surface area contributed by atoms with Crippen LogP contribution in [0, 0.1) is 23.1 Å². The van der Waals surface area contributed by atoms with Gasteiger partial charge in [0.2, 0.25) is 5.95 Å². The van der Waals surface area contributed by atoms with E-state index in [4.69, 9.17) is 11.6 Å². The van der Waals surface area contributed by atoms with Crippen molar-refractivity contribution < 1.29 is 8.78 Å². The quantitative estimate of drug-likeness (QED) is 0.213. The number of halogens is 3. The second kappa shape index (κ2) is 9.57. The maximum atomic E-state index is 13.8. The fourth-order valence-electron chi connectivity index (χ4n) is 4.67. The molecule has 38 heavy (non-hydrogen) atoms. The molecule has 5 aromatic rings. The third kappa shape index (κ3) is 4.21. The number of nitriles is 1. The maximum Gasteiger partial charge on any atom is 0.249 e. The van der Waals surface area contributed by atoms with Crippen molar-refractivity contribution in [3.63, 3.8) is 0 Å². The SMILES string of the molecule is N#Cc1cnc2c(Cl)cc(N[C@H](c3c[nH]nn3)c3cccc4c3CCN4)cc2c1Nc1cnc(F)c(F)c1. The molecule has 0 aliphatic carbocycles. The standard InChI is InChI=1S/C26H18ClF2N9/c27-19-7-14(35-25(22-12-34-38-37-22)17-2-1-3-21-16(17)4-5-31-21)6-18-23(13(9-30)10-32-24(18)19)36-15-8-20(28)26(29)33-11-15/h1-3,6-8,10-12,25,31,35H,4-5H2,(H,32,36)(H,34,37,38)/t25-/m0/s1. The van der Waals surface area contributed by atoms with Crippen LogP contribution in [0.3, 0.4) is 0 Å². The minimum Gasteiger partial charge on any atom is -0.384 e. The first-order chi connectivity index (χ1) is 18.5. The fourth-order valence-corrected chi connectivity index (χ4v) is 4.94. The number of H-pyrrole nitrogens is 1. The molecule has 1 aliphatic heterocycles. The lowest BCUT2D eigenvalue weighted by atomic mass is 9.96. The minimum absolute atomic E-state index is 0.162. The third-order valence-electron chi connectivity index (χ3n) is 6.37. The number of hydrogen-bond donors (Lipinski definition) is 4. The lowest BCUT2D eigenvalue weighted by molar-refractivity contribution is 0.480. The topological polar surface area (TPSA) is 127 Å². The van der Waals surface area contributed by atoms with Crippen molar-refractivity contribution in [1.82, 2.24) is 25.4 Å². The van der Waals surface area contributed by atoms with E-state index in [1.165, 1.54) is 11.8 Å². The molecule has 0 unspecified atom stereocenters. The Morgan fingerprint density at radius 1 is 1.11 bits per heavy atom. The van der Waals surface area contributed by atoms with Crippen LogP contribution in [-0.2, 0) is 6.42 Å². The second-order valence-electron chi connectivity index (χ2n) is 8.66. The van der Waals surface area contributed by atoms with E-state index in [2.05, 4.69) is 47.4 Å². The van der Waals surface area contributed by atoms with Gasteiger partial charge in [-0.1, -0.05) is 28.9 Å². The van der Waals surface area contributed by atoms with E-state index in [0.717, 1.165) is 36.5 Å². The summed E-state index contributed by atoms with van der Waals surface area (Å²) in [5.74, 6) is -2.33. The highest BCUT2D eigenvalue weighted by Gasteiger charge is 2.24. The highest BCUT2D eigenvalue weighted by Crippen LogP contribution is 2.38. The average Bonchev–Trinajstić information content (AvgIpc) is 3.62. The highest BCUT2D eigenvalue weighted by molar-refractivity contribution is 6.36. The molecule has 3 aromatic heterocycles. The first kappa shape index (κ1) is 23.6. The normalized spacial score (nSPS) is 13.0. The molecule has 4 N–H and O–H groups in total. The number of benzene rings is 2. The molecule has 1 atom stereocenters. The van der Waals surface area contributed by atoms with Crippen molar-refractivity contribution in [3.05, 3.63) is 94.2 Å². The van der Waals surface area contributed by atoms with Gasteiger partial charge in [0, 0.05) is 41.8 Å². The van der Waals surface area contributed by atoms with Crippen molar-refractivity contribution in [2.75, 3.05) is 22.5 Å². The monoisotopic (exact) mass is 529 g/mol. The van der Waals surface area contributed by atoms with Gasteiger partial charge in [-0.05, 0) is 35.7 Å². The lowest BCUT2D eigenvalue weighted by Crippen LogP contribution is -2.15. The highest BCUT2D eigenvalue weighted by atomic mass is 35.5. The molecular weight excluding hydrogens is 512 g/mol. The summed E-state index contributed by atoms with van der Waals surface area (Å²) in [6, 6.07) is 12.3. The first-order valence-electron chi connectivity index (χ1n) is 11.6. The van der Waals surface area contributed by atoms with Gasteiger partial charge in [0.15, 0.2) is 5.82 Å². The summed E-state index contributed by atoms with van der Waals surface area (Å²) in [5.41, 5.74) is 5.71. The Labute approximate surface area is 219 Å². The molecular formula is C26H18ClF2N9. The molecule has 188 valence electrons. The first-order valence-corrected chi connectivity index (χ1v) is 12.0. The van der Waals surface area contributed by atoms with Crippen LogP contribution in [0.4, 0.5) is 31.5 Å². The van der Waals surface area contributed by atoms with E-state index in [0.29, 0.717) is 33.0 Å². The largest absolute Gasteiger partial charge is 0.384 e. The Kier molecular flexibility index (Phi) is 5.94. The van der Waals surface area contributed by atoms with Crippen LogP contribution in [0.2, 0.25) is 5.02 Å². The zero-order valence-corrected chi connectivity index (χ0v) is 20.3. The molecule has 9 nitrogen and oxygen atoms in total. The molecule has 0 spiro atoms. The Morgan fingerprint density at radius 2 is 2.00 bits per heavy atom. The summed E-state index contributed by atoms with van der Waals surface area (Å²) in [6.45, 7) is 0.843. The van der Waals surface area contributed by atoms with Crippen molar-refractivity contribution in [1.29, 1.82) is 5.26 Å². The summed E-state index contributed by atoms with van der Waals surface area (Å²) in [5, 5.41) is 31.4. The van der Waals surface area contributed by atoms with Crippen LogP contribution >= 0.6 is 11.6 Å². The molecule has 0 amide bonds. The number of rotatable bonds is 6. The van der Waals surface area contributed by atoms with Gasteiger partial charge in [-0.25, -0.2) is 9.37 Å². The number of nitrogens with zero attached hydrogens (tertiary/aromatic N) is 5. The Bertz CT molecular complexity index is 1720. The predicted molar refractivity (Wildman–Crippen MR) is 139 cm³/mol. The minimum atomic E-state index is -1.22. The molecule has 12 heteroatoms. The van der Waals surface area contributed by atoms with Crippen LogP contribution in [0.5, 0.6) is 0 Å². The number of aromatic nitrogens is 5. The van der Waals surface area contributed by atoms with E-state index >= 15 is 0 Å². The molecule has 4 heterocycles. The second-order valence-corrected chi connectivity index (χ2v) is 9.07. The van der Waals surface area contributed by atoms with Crippen LogP contribution in [0.25, 0.3) is 10.9 Å². The van der Waals surface area contributed by atoms with E-state index in [1.54, 1.807) is 18.3 Å². The summed E-state index contributed by atoms with van der Waals surface area (Å²) in [6.07, 6.45) is 5.10. The van der Waals surface area contributed by atoms with Crippen molar-refractivity contribution in [2.45, 2.75) is 12.5 Å². The summed E-state index contributed by atoms with van der Waals surface area (Å²) in [4.78, 5) is 7.77. The summed E-state index contributed by atoms with van der Waals surface area (Å²) >= 11 is 6.65. The molecule has 1 aliphatic rings. The van der Waals surface area contributed by atoms with Crippen molar-refractivity contribution in [2.24, 2.45) is 0 Å². The van der Waals surface area contributed by atoms with Crippen molar-refractivity contribution in [3.8, 4) is 6.07 Å². The Hall–Kier alpha value is -4.82. The van der Waals surface area contributed by atoms with Gasteiger partial charge in [-0.2, -0.15) is 9.65 Å². The van der Waals surface area contributed by atoms with Gasteiger partial charge >= 0.3 is 0 Å². The van der Waals surface area contributed by atoms with Gasteiger partial charge in [-0.15, -0.1) is 5.10 Å². The third-order valence-corrected chi connectivity index (χ3v) is 6.66. The average molecular weight is 530 g/mol. The maximum absolute atomic E-state index is 13.8. The van der Waals surface area contributed by atoms with E-state index in [1.807, 2.05) is 18.2 Å². The van der Waals surface area contributed by atoms with Gasteiger partial charge in [0.25, 0.3) is 0 Å². The van der Waals surface area contributed by atoms with Gasteiger partial charge in [0.1, 0.15) is 11.8 Å². The van der Waals surface area contributed by atoms with Crippen molar-refractivity contribution >= 4 is 45.3 Å². The zero-order valence-electron chi connectivity index (χ0n) is 19.6. The van der Waals surface area contributed by atoms with Crippen LogP contribution < -0.4 is 16.0 Å². The number of nitrogens with one attached hydrogen (secondary N) is 4. The van der Waals surface area contributed by atoms with E-state index in [9.17, 15) is 14.0 Å². The van der Waals surface area contributed by atoms with Crippen LogP contribution in [-0.4, -0.2) is 31.9 Å². The molecule has 6 rings (SSSR count). The van der Waals surface area contributed by atoms with Crippen LogP contribution in [0.15, 0.2) is 55.0 Å². The summed E-state index contributed by atoms with van der Waals surface area (Å²) < 4.78 is 27.2. The number of hydrogen-bond acceptors (Lipinski definition) is 8. The Morgan fingerprint density at radius 3 is 2.79 bits per heavy atom. The lowest BCUT2D eigenvalue weighted by Gasteiger charge is -2.22. The summed E-state index contributed by atoms with van der Waals surface area (Å²) in [7, 11) is 0. The molecule has 2 aromatic carbocycles. The Balaban J connectivity index is 1.46. The van der Waals surface area contributed by atoms with Gasteiger partial charge in [0.05, 0.1) is 39.7 Å². The van der Waals surface area contributed by atoms with E-state index < -0.39 is 11.8 Å².